The molecule has 6 nitrogen and oxygen atoms in total. The van der Waals surface area contributed by atoms with Gasteiger partial charge >= 0.3 is 5.97 Å². The summed E-state index contributed by atoms with van der Waals surface area (Å²) in [6.45, 7) is 5.19. The summed E-state index contributed by atoms with van der Waals surface area (Å²) < 4.78 is 4.84. The van der Waals surface area contributed by atoms with Crippen LogP contribution in [-0.4, -0.2) is 45.0 Å². The largest absolute Gasteiger partial charge is 0.465 e. The number of rotatable bonds is 4. The fraction of sp³-hybridized carbons (Fsp3) is 0.571. The van der Waals surface area contributed by atoms with Gasteiger partial charge in [-0.1, -0.05) is 6.92 Å². The second kappa shape index (κ2) is 6.91. The van der Waals surface area contributed by atoms with Crippen molar-refractivity contribution >= 4 is 33.8 Å². The average molecular weight is 311 g/mol. The number of ether oxygens (including phenoxy) is 1. The van der Waals surface area contributed by atoms with Gasteiger partial charge in [0.25, 0.3) is 0 Å². The molecular formula is C14H21N3O3S. The summed E-state index contributed by atoms with van der Waals surface area (Å²) >= 11 is 1.30. The second-order valence-corrected chi connectivity index (χ2v) is 5.88. The summed E-state index contributed by atoms with van der Waals surface area (Å²) in [5.41, 5.74) is 6.64. The highest BCUT2D eigenvalue weighted by atomic mass is 32.1. The zero-order chi connectivity index (χ0) is 15.4. The smallest absolute Gasteiger partial charge is 0.343 e. The predicted molar refractivity (Wildman–Crippen MR) is 84.4 cm³/mol. The summed E-state index contributed by atoms with van der Waals surface area (Å²) in [5, 5.41) is 4.06. The quantitative estimate of drug-likeness (QED) is 0.648. The van der Waals surface area contributed by atoms with Gasteiger partial charge in [-0.2, -0.15) is 0 Å². The zero-order valence-electron chi connectivity index (χ0n) is 12.4. The minimum absolute atomic E-state index is 0.0400. The van der Waals surface area contributed by atoms with Gasteiger partial charge in [-0.3, -0.25) is 4.79 Å². The molecule has 1 saturated heterocycles. The molecule has 0 aromatic carbocycles. The molecule has 1 aliphatic rings. The fourth-order valence-electron chi connectivity index (χ4n) is 2.37. The Balaban J connectivity index is 2.46. The van der Waals surface area contributed by atoms with Gasteiger partial charge in [-0.15, -0.1) is 11.3 Å². The number of nitrogens with one attached hydrogen (secondary N) is 1. The van der Waals surface area contributed by atoms with Crippen LogP contribution in [0.2, 0.25) is 0 Å². The first kappa shape index (κ1) is 15.8. The van der Waals surface area contributed by atoms with Crippen LogP contribution < -0.4 is 16.0 Å². The van der Waals surface area contributed by atoms with Crippen molar-refractivity contribution in [2.75, 3.05) is 43.9 Å². The van der Waals surface area contributed by atoms with Crippen molar-refractivity contribution in [1.29, 1.82) is 0 Å². The Hall–Kier alpha value is -1.60. The Morgan fingerprint density at radius 1 is 1.38 bits per heavy atom. The molecule has 0 aliphatic carbocycles. The molecule has 0 atom stereocenters. The molecule has 2 rings (SSSR count). The van der Waals surface area contributed by atoms with Gasteiger partial charge in [-0.25, -0.2) is 4.79 Å². The molecule has 1 aromatic heterocycles. The molecule has 7 heteroatoms. The summed E-state index contributed by atoms with van der Waals surface area (Å²) in [4.78, 5) is 26.6. The number of hydrogen-bond donors (Lipinski definition) is 2. The van der Waals surface area contributed by atoms with E-state index in [9.17, 15) is 9.59 Å². The second-order valence-electron chi connectivity index (χ2n) is 4.88. The summed E-state index contributed by atoms with van der Waals surface area (Å²) in [6, 6.07) is 0. The molecule has 0 bridgehead atoms. The molecule has 0 amide bonds. The molecule has 21 heavy (non-hydrogen) atoms. The number of esters is 1. The third-order valence-electron chi connectivity index (χ3n) is 3.52. The molecule has 0 saturated carbocycles. The van der Waals surface area contributed by atoms with Gasteiger partial charge in [0.2, 0.25) is 0 Å². The van der Waals surface area contributed by atoms with Gasteiger partial charge in [0.1, 0.15) is 10.6 Å². The van der Waals surface area contributed by atoms with E-state index in [1.165, 1.54) is 18.4 Å². The maximum atomic E-state index is 12.1. The van der Waals surface area contributed by atoms with Crippen LogP contribution in [-0.2, 0) is 4.74 Å². The fourth-order valence-corrected chi connectivity index (χ4v) is 3.64. The molecule has 2 heterocycles. The average Bonchev–Trinajstić information content (AvgIpc) is 2.69. The van der Waals surface area contributed by atoms with Crippen molar-refractivity contribution in [3.63, 3.8) is 0 Å². The van der Waals surface area contributed by atoms with Gasteiger partial charge in [-0.05, 0) is 13.0 Å². The van der Waals surface area contributed by atoms with Crippen LogP contribution in [0.1, 0.15) is 39.8 Å². The Bertz CT molecular complexity index is 534. The van der Waals surface area contributed by atoms with Crippen LogP contribution in [0.5, 0.6) is 0 Å². The SMILES string of the molecule is CCC(=O)c1sc(N2CCCNCC2)c(C(=O)OC)c1N. The number of anilines is 2. The molecule has 0 radical (unpaired) electrons. The molecule has 3 N–H and O–H groups in total. The highest BCUT2D eigenvalue weighted by Gasteiger charge is 2.28. The summed E-state index contributed by atoms with van der Waals surface area (Å²) in [7, 11) is 1.33. The van der Waals surface area contributed by atoms with Crippen LogP contribution >= 0.6 is 11.3 Å². The normalized spacial score (nSPS) is 15.6. The van der Waals surface area contributed by atoms with Crippen molar-refractivity contribution in [3.8, 4) is 0 Å². The predicted octanol–water partition coefficient (Wildman–Crippen LogP) is 1.51. The standard InChI is InChI=1S/C14H21N3O3S/c1-3-9(18)12-11(15)10(14(19)20-2)13(21-12)17-7-4-5-16-6-8-17/h16H,3-8,15H2,1-2H3. The lowest BCUT2D eigenvalue weighted by Gasteiger charge is -2.21. The van der Waals surface area contributed by atoms with Crippen molar-refractivity contribution in [1.82, 2.24) is 5.32 Å². The van der Waals surface area contributed by atoms with Crippen LogP contribution in [0.15, 0.2) is 0 Å². The first-order valence-corrected chi connectivity index (χ1v) is 7.91. The van der Waals surface area contributed by atoms with Crippen LogP contribution in [0, 0.1) is 0 Å². The highest BCUT2D eigenvalue weighted by molar-refractivity contribution is 7.19. The van der Waals surface area contributed by atoms with E-state index in [-0.39, 0.29) is 11.5 Å². The molecule has 0 unspecified atom stereocenters. The van der Waals surface area contributed by atoms with E-state index in [4.69, 9.17) is 10.5 Å². The minimum atomic E-state index is -0.480. The number of nitrogen functional groups attached to an aromatic ring is 1. The number of carbonyl (C=O) groups excluding carboxylic acids is 2. The van der Waals surface area contributed by atoms with E-state index >= 15 is 0 Å². The van der Waals surface area contributed by atoms with E-state index < -0.39 is 5.97 Å². The first-order valence-electron chi connectivity index (χ1n) is 7.09. The van der Waals surface area contributed by atoms with Crippen molar-refractivity contribution < 1.29 is 14.3 Å². The number of nitrogens with two attached hydrogens (primary N) is 1. The number of nitrogens with zero attached hydrogens (tertiary/aromatic N) is 1. The Morgan fingerprint density at radius 3 is 2.81 bits per heavy atom. The molecular weight excluding hydrogens is 290 g/mol. The van der Waals surface area contributed by atoms with Crippen LogP contribution in [0.3, 0.4) is 0 Å². The van der Waals surface area contributed by atoms with E-state index in [0.29, 0.717) is 16.9 Å². The summed E-state index contributed by atoms with van der Waals surface area (Å²) in [5.74, 6) is -0.520. The van der Waals surface area contributed by atoms with Crippen molar-refractivity contribution in [2.24, 2.45) is 0 Å². The van der Waals surface area contributed by atoms with Gasteiger partial charge in [0.05, 0.1) is 17.7 Å². The molecule has 1 aromatic rings. The maximum absolute atomic E-state index is 12.1. The Kier molecular flexibility index (Phi) is 5.19. The number of thiophene rings is 1. The third-order valence-corrected chi connectivity index (χ3v) is 4.83. The first-order chi connectivity index (χ1) is 10.1. The Labute approximate surface area is 128 Å². The number of methoxy groups -OCH3 is 1. The van der Waals surface area contributed by atoms with E-state index in [1.807, 2.05) is 0 Å². The highest BCUT2D eigenvalue weighted by Crippen LogP contribution is 2.39. The van der Waals surface area contributed by atoms with Crippen LogP contribution in [0.25, 0.3) is 0 Å². The third kappa shape index (κ3) is 3.19. The minimum Gasteiger partial charge on any atom is -0.465 e. The topological polar surface area (TPSA) is 84.7 Å². The molecule has 1 fully saturated rings. The van der Waals surface area contributed by atoms with Gasteiger partial charge in [0, 0.05) is 26.1 Å². The maximum Gasteiger partial charge on any atom is 0.343 e. The van der Waals surface area contributed by atoms with Gasteiger partial charge < -0.3 is 20.7 Å². The zero-order valence-corrected chi connectivity index (χ0v) is 13.2. The van der Waals surface area contributed by atoms with E-state index in [1.54, 1.807) is 6.92 Å². The number of carbonyl (C=O) groups is 2. The lowest BCUT2D eigenvalue weighted by Crippen LogP contribution is -2.28. The lowest BCUT2D eigenvalue weighted by molar-refractivity contribution is 0.0603. The summed E-state index contributed by atoms with van der Waals surface area (Å²) in [6.07, 6.45) is 1.35. The lowest BCUT2D eigenvalue weighted by atomic mass is 10.1. The molecule has 116 valence electrons. The van der Waals surface area contributed by atoms with Gasteiger partial charge in [0.15, 0.2) is 5.78 Å². The van der Waals surface area contributed by atoms with Crippen LogP contribution in [0.4, 0.5) is 10.7 Å². The molecule has 0 spiro atoms. The monoisotopic (exact) mass is 311 g/mol. The molecule has 1 aliphatic heterocycles. The van der Waals surface area contributed by atoms with E-state index in [2.05, 4.69) is 10.2 Å². The Morgan fingerprint density at radius 2 is 2.14 bits per heavy atom. The van der Waals surface area contributed by atoms with Crippen molar-refractivity contribution in [2.45, 2.75) is 19.8 Å². The number of Topliss-reactive ketones (excluding diaryl/α,β-unsaturated/α-hetero) is 1. The van der Waals surface area contributed by atoms with Crippen molar-refractivity contribution in [3.05, 3.63) is 10.4 Å². The van der Waals surface area contributed by atoms with E-state index in [0.717, 1.165) is 37.6 Å². The number of ketones is 1. The number of hydrogen-bond acceptors (Lipinski definition) is 7.